The number of sulfonamides is 1. The lowest BCUT2D eigenvalue weighted by Crippen LogP contribution is -2.32. The Morgan fingerprint density at radius 1 is 1.14 bits per heavy atom. The second kappa shape index (κ2) is 5.39. The summed E-state index contributed by atoms with van der Waals surface area (Å²) in [4.78, 5) is -0.444. The number of benzene rings is 1. The molecule has 0 unspecified atom stereocenters. The van der Waals surface area contributed by atoms with Gasteiger partial charge in [-0.1, -0.05) is 12.1 Å². The summed E-state index contributed by atoms with van der Waals surface area (Å²) in [6.07, 6.45) is -4.93. The van der Waals surface area contributed by atoms with Gasteiger partial charge in [0.2, 0.25) is 10.0 Å². The number of rotatable bonds is 3. The zero-order chi connectivity index (χ0) is 16.0. The number of ether oxygens (including phenoxy) is 1. The number of alkyl halides is 3. The Balaban J connectivity index is 1.90. The van der Waals surface area contributed by atoms with Crippen molar-refractivity contribution in [3.05, 3.63) is 24.3 Å². The van der Waals surface area contributed by atoms with Crippen LogP contribution in [0.1, 0.15) is 0 Å². The molecule has 0 amide bonds. The predicted molar refractivity (Wildman–Crippen MR) is 71.7 cm³/mol. The number of fused-ring (bicyclic) bond motifs is 1. The van der Waals surface area contributed by atoms with Crippen molar-refractivity contribution in [1.29, 1.82) is 0 Å². The third-order valence-electron chi connectivity index (χ3n) is 4.05. The van der Waals surface area contributed by atoms with Gasteiger partial charge in [0.1, 0.15) is 10.6 Å². The fourth-order valence-corrected chi connectivity index (χ4v) is 4.69. The zero-order valence-corrected chi connectivity index (χ0v) is 12.3. The molecule has 2 aliphatic rings. The summed E-state index contributed by atoms with van der Waals surface area (Å²) in [6, 6.07) is 4.85. The van der Waals surface area contributed by atoms with Crippen LogP contribution in [-0.4, -0.2) is 45.3 Å². The minimum Gasteiger partial charge on any atom is -0.404 e. The van der Waals surface area contributed by atoms with Crippen LogP contribution < -0.4 is 10.1 Å². The van der Waals surface area contributed by atoms with E-state index in [1.54, 1.807) is 0 Å². The van der Waals surface area contributed by atoms with Crippen LogP contribution in [-0.2, 0) is 10.0 Å². The average Bonchev–Trinajstić information content (AvgIpc) is 2.97. The highest BCUT2D eigenvalue weighted by atomic mass is 32.2. The van der Waals surface area contributed by atoms with Crippen molar-refractivity contribution in [2.75, 3.05) is 26.2 Å². The fraction of sp³-hybridized carbons (Fsp3) is 0.538. The Labute approximate surface area is 126 Å². The van der Waals surface area contributed by atoms with Crippen molar-refractivity contribution in [3.8, 4) is 5.75 Å². The van der Waals surface area contributed by atoms with Crippen LogP contribution in [0.5, 0.6) is 5.75 Å². The first-order chi connectivity index (χ1) is 10.3. The van der Waals surface area contributed by atoms with Crippen LogP contribution in [0.2, 0.25) is 0 Å². The lowest BCUT2D eigenvalue weighted by molar-refractivity contribution is -0.275. The van der Waals surface area contributed by atoms with Gasteiger partial charge >= 0.3 is 6.36 Å². The van der Waals surface area contributed by atoms with E-state index in [2.05, 4.69) is 10.1 Å². The SMILES string of the molecule is O=S(=O)(c1ccccc1OC(F)(F)F)N1C[C@H]2CNC[C@H]2C1. The summed E-state index contributed by atoms with van der Waals surface area (Å²) in [5.41, 5.74) is 0. The lowest BCUT2D eigenvalue weighted by Gasteiger charge is -2.20. The molecular formula is C13H15F3N2O3S. The van der Waals surface area contributed by atoms with Gasteiger partial charge in [0.15, 0.2) is 0 Å². The van der Waals surface area contributed by atoms with Crippen LogP contribution in [0.4, 0.5) is 13.2 Å². The summed E-state index contributed by atoms with van der Waals surface area (Å²) >= 11 is 0. The molecule has 0 bridgehead atoms. The van der Waals surface area contributed by atoms with E-state index < -0.39 is 27.0 Å². The standard InChI is InChI=1S/C13H15F3N2O3S/c14-13(15,16)21-11-3-1-2-4-12(11)22(19,20)18-7-9-5-17-6-10(9)8-18/h1-4,9-10,17H,5-8H2/t9-,10+. The van der Waals surface area contributed by atoms with E-state index in [1.807, 2.05) is 0 Å². The van der Waals surface area contributed by atoms with Gasteiger partial charge in [0, 0.05) is 13.1 Å². The molecule has 2 saturated heterocycles. The number of nitrogens with zero attached hydrogens (tertiary/aromatic N) is 1. The second-order valence-electron chi connectivity index (χ2n) is 5.49. The summed E-state index contributed by atoms with van der Waals surface area (Å²) in [5, 5.41) is 3.18. The minimum absolute atomic E-state index is 0.213. The maximum absolute atomic E-state index is 12.6. The quantitative estimate of drug-likeness (QED) is 0.907. The van der Waals surface area contributed by atoms with Crippen molar-refractivity contribution in [1.82, 2.24) is 9.62 Å². The molecule has 0 radical (unpaired) electrons. The van der Waals surface area contributed by atoms with Gasteiger partial charge in [-0.25, -0.2) is 8.42 Å². The van der Waals surface area contributed by atoms with Gasteiger partial charge in [-0.15, -0.1) is 13.2 Å². The van der Waals surface area contributed by atoms with Gasteiger partial charge in [0.05, 0.1) is 0 Å². The smallest absolute Gasteiger partial charge is 0.404 e. The van der Waals surface area contributed by atoms with Gasteiger partial charge < -0.3 is 10.1 Å². The Hall–Kier alpha value is -1.32. The van der Waals surface area contributed by atoms with Gasteiger partial charge in [-0.3, -0.25) is 0 Å². The molecule has 5 nitrogen and oxygen atoms in total. The van der Waals surface area contributed by atoms with Gasteiger partial charge in [-0.2, -0.15) is 4.31 Å². The van der Waals surface area contributed by atoms with Crippen LogP contribution in [0.15, 0.2) is 29.2 Å². The molecular weight excluding hydrogens is 321 g/mol. The Bertz CT molecular complexity index is 651. The van der Waals surface area contributed by atoms with E-state index in [0.29, 0.717) is 13.1 Å². The highest BCUT2D eigenvalue weighted by Crippen LogP contribution is 2.35. The molecule has 1 aromatic rings. The maximum atomic E-state index is 12.6. The highest BCUT2D eigenvalue weighted by Gasteiger charge is 2.43. The average molecular weight is 336 g/mol. The first-order valence-corrected chi connectivity index (χ1v) is 8.27. The summed E-state index contributed by atoms with van der Waals surface area (Å²) < 4.78 is 67.7. The van der Waals surface area contributed by atoms with E-state index in [1.165, 1.54) is 16.4 Å². The summed E-state index contributed by atoms with van der Waals surface area (Å²) in [7, 11) is -4.00. The first kappa shape index (κ1) is 15.6. The largest absolute Gasteiger partial charge is 0.573 e. The van der Waals surface area contributed by atoms with E-state index in [4.69, 9.17) is 0 Å². The molecule has 2 heterocycles. The van der Waals surface area contributed by atoms with E-state index in [-0.39, 0.29) is 11.8 Å². The third kappa shape index (κ3) is 2.92. The van der Waals surface area contributed by atoms with Crippen molar-refractivity contribution >= 4 is 10.0 Å². The summed E-state index contributed by atoms with van der Waals surface area (Å²) in [6.45, 7) is 2.11. The molecule has 22 heavy (non-hydrogen) atoms. The first-order valence-electron chi connectivity index (χ1n) is 6.83. The second-order valence-corrected chi connectivity index (χ2v) is 7.40. The number of hydrogen-bond donors (Lipinski definition) is 1. The molecule has 1 N–H and O–H groups in total. The Morgan fingerprint density at radius 3 is 2.32 bits per heavy atom. The molecule has 2 fully saturated rings. The van der Waals surface area contributed by atoms with Crippen LogP contribution in [0.25, 0.3) is 0 Å². The van der Waals surface area contributed by atoms with Crippen LogP contribution >= 0.6 is 0 Å². The number of hydrogen-bond acceptors (Lipinski definition) is 4. The van der Waals surface area contributed by atoms with Crippen molar-refractivity contribution in [2.45, 2.75) is 11.3 Å². The number of halogens is 3. The fourth-order valence-electron chi connectivity index (χ4n) is 3.02. The molecule has 1 aromatic carbocycles. The monoisotopic (exact) mass is 336 g/mol. The van der Waals surface area contributed by atoms with E-state index in [0.717, 1.165) is 25.2 Å². The van der Waals surface area contributed by atoms with Crippen molar-refractivity contribution < 1.29 is 26.3 Å². The van der Waals surface area contributed by atoms with E-state index in [9.17, 15) is 21.6 Å². The molecule has 3 rings (SSSR count). The molecule has 0 aromatic heterocycles. The maximum Gasteiger partial charge on any atom is 0.573 e. The Morgan fingerprint density at radius 2 is 1.73 bits per heavy atom. The van der Waals surface area contributed by atoms with E-state index >= 15 is 0 Å². The van der Waals surface area contributed by atoms with Crippen molar-refractivity contribution in [3.63, 3.8) is 0 Å². The predicted octanol–water partition coefficient (Wildman–Crippen LogP) is 1.43. The highest BCUT2D eigenvalue weighted by molar-refractivity contribution is 7.89. The molecule has 0 saturated carbocycles. The van der Waals surface area contributed by atoms with Crippen LogP contribution in [0.3, 0.4) is 0 Å². The molecule has 0 aliphatic carbocycles. The minimum atomic E-state index is -4.93. The van der Waals surface area contributed by atoms with Gasteiger partial charge in [-0.05, 0) is 37.1 Å². The van der Waals surface area contributed by atoms with Gasteiger partial charge in [0.25, 0.3) is 0 Å². The summed E-state index contributed by atoms with van der Waals surface area (Å²) in [5.74, 6) is -0.263. The molecule has 9 heteroatoms. The molecule has 2 aliphatic heterocycles. The lowest BCUT2D eigenvalue weighted by atomic mass is 10.0. The number of para-hydroxylation sites is 1. The molecule has 0 spiro atoms. The molecule has 2 atom stereocenters. The number of nitrogens with one attached hydrogen (secondary N) is 1. The normalized spacial score (nSPS) is 26.1. The zero-order valence-electron chi connectivity index (χ0n) is 11.5. The third-order valence-corrected chi connectivity index (χ3v) is 5.92. The van der Waals surface area contributed by atoms with Crippen molar-refractivity contribution in [2.24, 2.45) is 11.8 Å². The Kier molecular flexibility index (Phi) is 3.82. The van der Waals surface area contributed by atoms with Crippen LogP contribution in [0, 0.1) is 11.8 Å². The molecule has 122 valence electrons. The topological polar surface area (TPSA) is 58.6 Å².